The Balaban J connectivity index is 2.53. The molecule has 1 rings (SSSR count). The zero-order valence-electron chi connectivity index (χ0n) is 12.1. The highest BCUT2D eigenvalue weighted by Crippen LogP contribution is 2.20. The van der Waals surface area contributed by atoms with Crippen molar-refractivity contribution >= 4 is 0 Å². The highest BCUT2D eigenvalue weighted by atomic mass is 19.4. The lowest BCUT2D eigenvalue weighted by Gasteiger charge is -2.19. The van der Waals surface area contributed by atoms with Gasteiger partial charge >= 0.3 is 6.18 Å². The zero-order chi connectivity index (χ0) is 15.0. The molecule has 1 aromatic rings. The van der Waals surface area contributed by atoms with Gasteiger partial charge in [0.2, 0.25) is 0 Å². The highest BCUT2D eigenvalue weighted by Gasteiger charge is 2.27. The number of rotatable bonds is 8. The molecule has 0 spiro atoms. The van der Waals surface area contributed by atoms with Crippen LogP contribution in [0.3, 0.4) is 0 Å². The second-order valence-corrected chi connectivity index (χ2v) is 4.98. The number of alkyl halides is 3. The number of nitrogens with one attached hydrogen (secondary N) is 1. The van der Waals surface area contributed by atoms with Gasteiger partial charge in [0.25, 0.3) is 0 Å². The summed E-state index contributed by atoms with van der Waals surface area (Å²) in [5.41, 5.74) is 2.31. The molecule has 0 bridgehead atoms. The molecule has 0 aliphatic heterocycles. The van der Waals surface area contributed by atoms with Crippen molar-refractivity contribution < 1.29 is 13.2 Å². The molecular formula is C15H23F3N2. The first-order valence-corrected chi connectivity index (χ1v) is 6.95. The largest absolute Gasteiger partial charge is 0.390 e. The quantitative estimate of drug-likeness (QED) is 0.739. The molecule has 0 radical (unpaired) electrons. The Morgan fingerprint density at radius 2 is 1.80 bits per heavy atom. The topological polar surface area (TPSA) is 15.3 Å². The predicted molar refractivity (Wildman–Crippen MR) is 75.7 cm³/mol. The van der Waals surface area contributed by atoms with E-state index in [1.54, 1.807) is 11.9 Å². The molecule has 0 aromatic heterocycles. The van der Waals surface area contributed by atoms with Crippen LogP contribution < -0.4 is 5.32 Å². The van der Waals surface area contributed by atoms with E-state index in [-0.39, 0.29) is 6.54 Å². The lowest BCUT2D eigenvalue weighted by Crippen LogP contribution is -2.25. The summed E-state index contributed by atoms with van der Waals surface area (Å²) in [5.74, 6) is 0. The Morgan fingerprint density at radius 3 is 2.40 bits per heavy atom. The van der Waals surface area contributed by atoms with E-state index in [0.29, 0.717) is 6.54 Å². The standard InChI is InChI=1S/C15H23F3N2/c1-3-19-10-8-13-6-4-5-7-14(13)12-20(2)11-9-15(16,17)18/h4-7,19H,3,8-12H2,1-2H3. The van der Waals surface area contributed by atoms with Crippen LogP contribution in [0.1, 0.15) is 24.5 Å². The van der Waals surface area contributed by atoms with E-state index in [4.69, 9.17) is 0 Å². The van der Waals surface area contributed by atoms with Crippen molar-refractivity contribution in [3.8, 4) is 0 Å². The van der Waals surface area contributed by atoms with Crippen LogP contribution in [0.25, 0.3) is 0 Å². The third-order valence-electron chi connectivity index (χ3n) is 3.16. The number of halogens is 3. The average Bonchev–Trinajstić information content (AvgIpc) is 2.38. The van der Waals surface area contributed by atoms with Crippen LogP contribution in [0.2, 0.25) is 0 Å². The molecule has 0 fully saturated rings. The SMILES string of the molecule is CCNCCc1ccccc1CN(C)CCC(F)(F)F. The molecule has 1 aromatic carbocycles. The summed E-state index contributed by atoms with van der Waals surface area (Å²) in [6, 6.07) is 7.94. The minimum Gasteiger partial charge on any atom is -0.317 e. The van der Waals surface area contributed by atoms with E-state index in [9.17, 15) is 13.2 Å². The van der Waals surface area contributed by atoms with Crippen molar-refractivity contribution in [3.05, 3.63) is 35.4 Å². The van der Waals surface area contributed by atoms with Crippen molar-refractivity contribution in [2.75, 3.05) is 26.7 Å². The van der Waals surface area contributed by atoms with Gasteiger partial charge < -0.3 is 10.2 Å². The lowest BCUT2D eigenvalue weighted by atomic mass is 10.0. The van der Waals surface area contributed by atoms with Gasteiger partial charge in [-0.3, -0.25) is 0 Å². The molecule has 20 heavy (non-hydrogen) atoms. The summed E-state index contributed by atoms with van der Waals surface area (Å²) in [7, 11) is 1.73. The maximum Gasteiger partial charge on any atom is 0.390 e. The molecule has 0 aliphatic carbocycles. The molecular weight excluding hydrogens is 265 g/mol. The fraction of sp³-hybridized carbons (Fsp3) is 0.600. The van der Waals surface area contributed by atoms with Crippen LogP contribution in [0.5, 0.6) is 0 Å². The normalized spacial score (nSPS) is 12.1. The van der Waals surface area contributed by atoms with E-state index >= 15 is 0 Å². The van der Waals surface area contributed by atoms with Gasteiger partial charge in [-0.1, -0.05) is 31.2 Å². The van der Waals surface area contributed by atoms with Gasteiger partial charge in [0.05, 0.1) is 6.42 Å². The summed E-state index contributed by atoms with van der Waals surface area (Å²) >= 11 is 0. The lowest BCUT2D eigenvalue weighted by molar-refractivity contribution is -0.137. The summed E-state index contributed by atoms with van der Waals surface area (Å²) in [5, 5.41) is 3.26. The van der Waals surface area contributed by atoms with Gasteiger partial charge in [0.1, 0.15) is 0 Å². The molecule has 1 N–H and O–H groups in total. The van der Waals surface area contributed by atoms with Gasteiger partial charge in [-0.25, -0.2) is 0 Å². The Morgan fingerprint density at radius 1 is 1.15 bits per heavy atom. The van der Waals surface area contributed by atoms with Crippen LogP contribution in [0, 0.1) is 0 Å². The minimum absolute atomic E-state index is 0.0328. The highest BCUT2D eigenvalue weighted by molar-refractivity contribution is 5.27. The molecule has 0 saturated heterocycles. The Labute approximate surface area is 119 Å². The van der Waals surface area contributed by atoms with E-state index in [2.05, 4.69) is 12.2 Å². The molecule has 2 nitrogen and oxygen atoms in total. The van der Waals surface area contributed by atoms with Crippen molar-refractivity contribution in [1.29, 1.82) is 0 Å². The maximum atomic E-state index is 12.2. The van der Waals surface area contributed by atoms with E-state index in [1.807, 2.05) is 24.3 Å². The maximum absolute atomic E-state index is 12.2. The molecule has 0 heterocycles. The molecule has 0 unspecified atom stereocenters. The number of hydrogen-bond donors (Lipinski definition) is 1. The first kappa shape index (κ1) is 17.0. The van der Waals surface area contributed by atoms with Gasteiger partial charge in [-0.2, -0.15) is 13.2 Å². The smallest absolute Gasteiger partial charge is 0.317 e. The monoisotopic (exact) mass is 288 g/mol. The van der Waals surface area contributed by atoms with E-state index in [1.165, 1.54) is 5.56 Å². The van der Waals surface area contributed by atoms with Crippen LogP contribution in [0.4, 0.5) is 13.2 Å². The van der Waals surface area contributed by atoms with Crippen molar-refractivity contribution in [3.63, 3.8) is 0 Å². The first-order valence-electron chi connectivity index (χ1n) is 6.95. The summed E-state index contributed by atoms with van der Waals surface area (Å²) < 4.78 is 36.6. The third kappa shape index (κ3) is 6.91. The van der Waals surface area contributed by atoms with Gasteiger partial charge in [0.15, 0.2) is 0 Å². The Hall–Kier alpha value is -1.07. The van der Waals surface area contributed by atoms with Crippen molar-refractivity contribution in [2.45, 2.75) is 32.5 Å². The average molecular weight is 288 g/mol. The number of benzene rings is 1. The summed E-state index contributed by atoms with van der Waals surface area (Å²) in [6.45, 7) is 4.45. The fourth-order valence-electron chi connectivity index (χ4n) is 2.04. The molecule has 114 valence electrons. The zero-order valence-corrected chi connectivity index (χ0v) is 12.1. The second kappa shape index (κ2) is 8.27. The molecule has 0 saturated carbocycles. The van der Waals surface area contributed by atoms with Crippen molar-refractivity contribution in [1.82, 2.24) is 10.2 Å². The van der Waals surface area contributed by atoms with E-state index < -0.39 is 12.6 Å². The van der Waals surface area contributed by atoms with Crippen molar-refractivity contribution in [2.24, 2.45) is 0 Å². The Kier molecular flexibility index (Phi) is 7.02. The first-order chi connectivity index (χ1) is 9.42. The number of likely N-dealkylation sites (N-methyl/N-ethyl adjacent to an activating group) is 1. The fourth-order valence-corrected chi connectivity index (χ4v) is 2.04. The minimum atomic E-state index is -4.08. The number of hydrogen-bond acceptors (Lipinski definition) is 2. The predicted octanol–water partition coefficient (Wildman–Crippen LogP) is 3.22. The molecule has 5 heteroatoms. The Bertz CT molecular complexity index is 391. The van der Waals surface area contributed by atoms with Crippen LogP contribution >= 0.6 is 0 Å². The molecule has 0 atom stereocenters. The van der Waals surface area contributed by atoms with Gasteiger partial charge in [-0.15, -0.1) is 0 Å². The molecule has 0 amide bonds. The van der Waals surface area contributed by atoms with E-state index in [0.717, 1.165) is 25.1 Å². The number of nitrogens with zero attached hydrogens (tertiary/aromatic N) is 1. The summed E-state index contributed by atoms with van der Waals surface area (Å²) in [6.07, 6.45) is -3.95. The van der Waals surface area contributed by atoms with Gasteiger partial charge in [0, 0.05) is 13.1 Å². The third-order valence-corrected chi connectivity index (χ3v) is 3.16. The van der Waals surface area contributed by atoms with Gasteiger partial charge in [-0.05, 0) is 37.7 Å². The van der Waals surface area contributed by atoms with Crippen LogP contribution in [-0.4, -0.2) is 37.8 Å². The van der Waals surface area contributed by atoms with Crippen LogP contribution in [-0.2, 0) is 13.0 Å². The summed E-state index contributed by atoms with van der Waals surface area (Å²) in [4.78, 5) is 1.72. The second-order valence-electron chi connectivity index (χ2n) is 4.98. The molecule has 0 aliphatic rings. The van der Waals surface area contributed by atoms with Crippen LogP contribution in [0.15, 0.2) is 24.3 Å².